The third-order valence-corrected chi connectivity index (χ3v) is 7.79. The van der Waals surface area contributed by atoms with Crippen LogP contribution in [0.25, 0.3) is 0 Å². The average molecular weight is 518 g/mol. The number of hydrogen-bond donors (Lipinski definition) is 2. The summed E-state index contributed by atoms with van der Waals surface area (Å²) in [5.74, 6) is -3.93. The molecular weight excluding hydrogens is 488 g/mol. The lowest BCUT2D eigenvalue weighted by molar-refractivity contribution is -0.236. The van der Waals surface area contributed by atoms with Crippen molar-refractivity contribution < 1.29 is 33.0 Å². The maximum atomic E-state index is 14.3. The van der Waals surface area contributed by atoms with Gasteiger partial charge >= 0.3 is 0 Å². The Bertz CT molecular complexity index is 1320. The van der Waals surface area contributed by atoms with E-state index in [1.165, 1.54) is 17.7 Å². The minimum absolute atomic E-state index is 0.0581. The van der Waals surface area contributed by atoms with Crippen LogP contribution < -0.4 is 10.7 Å². The molecule has 11 heteroatoms. The van der Waals surface area contributed by atoms with Gasteiger partial charge in [-0.1, -0.05) is 0 Å². The number of aromatic nitrogens is 1. The van der Waals surface area contributed by atoms with Crippen molar-refractivity contribution in [2.75, 3.05) is 13.3 Å². The van der Waals surface area contributed by atoms with Gasteiger partial charge in [0.15, 0.2) is 11.4 Å². The lowest BCUT2D eigenvalue weighted by Crippen LogP contribution is -2.55. The first kappa shape index (κ1) is 25.3. The Balaban J connectivity index is 1.55. The van der Waals surface area contributed by atoms with Gasteiger partial charge < -0.3 is 29.4 Å². The Hall–Kier alpha value is -3.31. The second-order valence-corrected chi connectivity index (χ2v) is 10.2. The van der Waals surface area contributed by atoms with Gasteiger partial charge in [0, 0.05) is 37.3 Å². The summed E-state index contributed by atoms with van der Waals surface area (Å²) in [7, 11) is 0. The molecule has 2 N–H and O–H groups in total. The zero-order valence-corrected chi connectivity index (χ0v) is 20.8. The van der Waals surface area contributed by atoms with Crippen LogP contribution >= 0.6 is 0 Å². The van der Waals surface area contributed by atoms with Gasteiger partial charge in [-0.05, 0) is 51.3 Å². The molecule has 4 atom stereocenters. The van der Waals surface area contributed by atoms with Crippen molar-refractivity contribution in [3.8, 4) is 5.75 Å². The van der Waals surface area contributed by atoms with Crippen LogP contribution in [-0.2, 0) is 16.0 Å². The van der Waals surface area contributed by atoms with Crippen molar-refractivity contribution in [1.82, 2.24) is 14.8 Å². The number of amides is 2. The van der Waals surface area contributed by atoms with Crippen LogP contribution in [0.3, 0.4) is 0 Å². The lowest BCUT2D eigenvalue weighted by Gasteiger charge is -2.47. The van der Waals surface area contributed by atoms with Gasteiger partial charge in [-0.2, -0.15) is 0 Å². The molecule has 37 heavy (non-hydrogen) atoms. The summed E-state index contributed by atoms with van der Waals surface area (Å²) >= 11 is 0. The molecule has 0 saturated carbocycles. The quantitative estimate of drug-likeness (QED) is 0.648. The minimum Gasteiger partial charge on any atom is -0.503 e. The van der Waals surface area contributed by atoms with Crippen molar-refractivity contribution in [3.63, 3.8) is 0 Å². The predicted molar refractivity (Wildman–Crippen MR) is 127 cm³/mol. The number of halogens is 2. The van der Waals surface area contributed by atoms with Crippen LogP contribution in [-0.4, -0.2) is 57.5 Å². The molecule has 2 fully saturated rings. The van der Waals surface area contributed by atoms with Crippen LogP contribution in [0, 0.1) is 18.6 Å². The Morgan fingerprint density at radius 3 is 2.62 bits per heavy atom. The zero-order valence-electron chi connectivity index (χ0n) is 20.8. The number of carbonyl (C=O) groups excluding carboxylic acids is 2. The summed E-state index contributed by atoms with van der Waals surface area (Å²) in [5, 5.41) is 13.2. The molecule has 0 aliphatic carbocycles. The summed E-state index contributed by atoms with van der Waals surface area (Å²) in [6.45, 7) is 5.19. The molecule has 1 aromatic heterocycles. The van der Waals surface area contributed by atoms with Crippen molar-refractivity contribution in [1.29, 1.82) is 0 Å². The van der Waals surface area contributed by atoms with Gasteiger partial charge in [-0.3, -0.25) is 14.4 Å². The molecule has 3 aliphatic rings. The predicted octanol–water partition coefficient (Wildman–Crippen LogP) is 2.77. The van der Waals surface area contributed by atoms with Crippen LogP contribution in [0.2, 0.25) is 0 Å². The molecule has 3 aliphatic heterocycles. The molecule has 1 unspecified atom stereocenters. The highest BCUT2D eigenvalue weighted by atomic mass is 19.1. The third kappa shape index (κ3) is 4.19. The van der Waals surface area contributed by atoms with E-state index < -0.39 is 58.4 Å². The van der Waals surface area contributed by atoms with Crippen LogP contribution in [0.15, 0.2) is 23.1 Å². The van der Waals surface area contributed by atoms with E-state index in [9.17, 15) is 28.3 Å². The number of pyridine rings is 1. The fraction of sp³-hybridized carbons (Fsp3) is 0.500. The highest BCUT2D eigenvalue weighted by molar-refractivity contribution is 5.99. The van der Waals surface area contributed by atoms with Crippen molar-refractivity contribution in [3.05, 3.63) is 62.6 Å². The van der Waals surface area contributed by atoms with E-state index in [0.29, 0.717) is 24.8 Å². The first-order valence-corrected chi connectivity index (χ1v) is 12.3. The number of nitrogens with one attached hydrogen (secondary N) is 1. The number of benzene rings is 1. The number of fused-ring (bicyclic) bond motifs is 5. The highest BCUT2D eigenvalue weighted by Crippen LogP contribution is 2.46. The first-order chi connectivity index (χ1) is 17.5. The van der Waals surface area contributed by atoms with Crippen LogP contribution in [0.4, 0.5) is 8.78 Å². The van der Waals surface area contributed by atoms with Gasteiger partial charge in [0.1, 0.15) is 24.0 Å². The van der Waals surface area contributed by atoms with Crippen molar-refractivity contribution >= 4 is 11.8 Å². The lowest BCUT2D eigenvalue weighted by atomic mass is 9.82. The molecule has 9 nitrogen and oxygen atoms in total. The van der Waals surface area contributed by atoms with E-state index >= 15 is 0 Å². The Kier molecular flexibility index (Phi) is 6.31. The Labute approximate surface area is 212 Å². The summed E-state index contributed by atoms with van der Waals surface area (Å²) in [5.41, 5.74) is -2.40. The maximum Gasteiger partial charge on any atom is 0.274 e. The standard InChI is InChI=1S/C26H29F2N3O6/c1-13-6-18(27)16(19(28)7-13)9-29-24(34)17-10-31-20-11-30(25(35)21(31)23(33)22(17)32)14(2)4-5-26(20)8-15(3)36-12-37-26/h6-7,10,14-15,20,33H,4-5,8-9,11-12H2,1-3H3,(H,29,34)/t14-,15?,20+,26+/m0/s1. The van der Waals surface area contributed by atoms with E-state index in [4.69, 9.17) is 9.47 Å². The van der Waals surface area contributed by atoms with Crippen molar-refractivity contribution in [2.24, 2.45) is 0 Å². The summed E-state index contributed by atoms with van der Waals surface area (Å²) in [4.78, 5) is 41.0. The number of aryl methyl sites for hydroxylation is 1. The Morgan fingerprint density at radius 1 is 1.24 bits per heavy atom. The van der Waals surface area contributed by atoms with E-state index in [0.717, 1.165) is 12.1 Å². The van der Waals surface area contributed by atoms with Crippen molar-refractivity contribution in [2.45, 2.75) is 70.4 Å². The van der Waals surface area contributed by atoms with E-state index in [1.807, 2.05) is 13.8 Å². The molecule has 2 amide bonds. The van der Waals surface area contributed by atoms with Crippen LogP contribution in [0.5, 0.6) is 5.75 Å². The fourth-order valence-electron chi connectivity index (χ4n) is 5.75. The SMILES string of the molecule is Cc1cc(F)c(CNC(=O)c2cn3c(c(O)c2=O)C(=O)N2C[C@@H]3[C@@]3(CC[C@@H]2C)CC(C)OCO3)c(F)c1. The van der Waals surface area contributed by atoms with Gasteiger partial charge in [0.05, 0.1) is 17.7 Å². The molecular formula is C26H29F2N3O6. The second kappa shape index (κ2) is 9.21. The third-order valence-electron chi connectivity index (χ3n) is 7.79. The molecule has 2 bridgehead atoms. The Morgan fingerprint density at radius 2 is 1.95 bits per heavy atom. The normalized spacial score (nSPS) is 27.1. The second-order valence-electron chi connectivity index (χ2n) is 10.2. The molecule has 198 valence electrons. The largest absolute Gasteiger partial charge is 0.503 e. The number of nitrogens with zero attached hydrogens (tertiary/aromatic N) is 2. The molecule has 1 aromatic carbocycles. The minimum atomic E-state index is -1.04. The molecule has 2 aromatic rings. The molecule has 0 radical (unpaired) electrons. The smallest absolute Gasteiger partial charge is 0.274 e. The van der Waals surface area contributed by atoms with Gasteiger partial charge in [-0.25, -0.2) is 8.78 Å². The number of hydrogen-bond acceptors (Lipinski definition) is 6. The first-order valence-electron chi connectivity index (χ1n) is 12.3. The summed E-state index contributed by atoms with van der Waals surface area (Å²) in [6, 6.07) is 1.63. The average Bonchev–Trinajstić information content (AvgIpc) is 2.94. The zero-order chi connectivity index (χ0) is 26.6. The van der Waals surface area contributed by atoms with Gasteiger partial charge in [-0.15, -0.1) is 0 Å². The van der Waals surface area contributed by atoms with Gasteiger partial charge in [0.2, 0.25) is 5.43 Å². The monoisotopic (exact) mass is 517 g/mol. The number of rotatable bonds is 3. The summed E-state index contributed by atoms with van der Waals surface area (Å²) < 4.78 is 41.7. The van der Waals surface area contributed by atoms with Gasteiger partial charge in [0.25, 0.3) is 11.8 Å². The number of aromatic hydroxyl groups is 1. The molecule has 5 rings (SSSR count). The topological polar surface area (TPSA) is 110 Å². The number of carbonyl (C=O) groups is 2. The van der Waals surface area contributed by atoms with E-state index in [2.05, 4.69) is 5.32 Å². The number of ether oxygens (including phenoxy) is 2. The van der Waals surface area contributed by atoms with E-state index in [-0.39, 0.29) is 36.7 Å². The molecule has 4 heterocycles. The fourth-order valence-corrected chi connectivity index (χ4v) is 5.75. The molecule has 2 saturated heterocycles. The highest BCUT2D eigenvalue weighted by Gasteiger charge is 2.52. The molecule has 1 spiro atoms. The van der Waals surface area contributed by atoms with Crippen LogP contribution in [0.1, 0.15) is 71.1 Å². The van der Waals surface area contributed by atoms with E-state index in [1.54, 1.807) is 4.90 Å². The maximum absolute atomic E-state index is 14.3. The summed E-state index contributed by atoms with van der Waals surface area (Å²) in [6.07, 6.45) is 2.90.